The summed E-state index contributed by atoms with van der Waals surface area (Å²) < 4.78 is 6.13. The van der Waals surface area contributed by atoms with Crippen molar-refractivity contribution in [1.29, 1.82) is 0 Å². The van der Waals surface area contributed by atoms with E-state index in [9.17, 15) is 4.79 Å². The van der Waals surface area contributed by atoms with E-state index in [0.29, 0.717) is 22.9 Å². The molecule has 5 aromatic rings. The molecule has 1 heterocycles. The number of benzene rings is 4. The van der Waals surface area contributed by atoms with Crippen molar-refractivity contribution in [2.75, 3.05) is 17.7 Å². The Hall–Kier alpha value is -4.23. The van der Waals surface area contributed by atoms with E-state index in [1.165, 1.54) is 0 Å². The fourth-order valence-corrected chi connectivity index (χ4v) is 4.08. The Morgan fingerprint density at radius 3 is 2.40 bits per heavy atom. The van der Waals surface area contributed by atoms with Gasteiger partial charge in [0.25, 0.3) is 5.91 Å². The van der Waals surface area contributed by atoms with E-state index in [1.807, 2.05) is 60.7 Å². The van der Waals surface area contributed by atoms with E-state index in [-0.39, 0.29) is 5.91 Å². The number of hydrogen-bond donors (Lipinski definition) is 2. The van der Waals surface area contributed by atoms with Crippen LogP contribution >= 0.6 is 15.9 Å². The van der Waals surface area contributed by atoms with Crippen molar-refractivity contribution < 1.29 is 9.53 Å². The average Bonchev–Trinajstić information content (AvgIpc) is 2.89. The maximum absolute atomic E-state index is 12.8. The van der Waals surface area contributed by atoms with Crippen LogP contribution in [-0.4, -0.2) is 23.0 Å². The number of nitrogens with one attached hydrogen (secondary N) is 2. The molecular weight excluding hydrogens is 504 g/mol. The monoisotopic (exact) mass is 524 g/mol. The van der Waals surface area contributed by atoms with Crippen molar-refractivity contribution in [3.63, 3.8) is 0 Å². The van der Waals surface area contributed by atoms with Crippen LogP contribution < -0.4 is 15.4 Å². The Kier molecular flexibility index (Phi) is 6.41. The van der Waals surface area contributed by atoms with Gasteiger partial charge < -0.3 is 15.4 Å². The highest BCUT2D eigenvalue weighted by atomic mass is 79.9. The normalized spacial score (nSPS) is 10.7. The van der Waals surface area contributed by atoms with Gasteiger partial charge in [-0.1, -0.05) is 52.3 Å². The third kappa shape index (κ3) is 5.15. The molecule has 0 atom stereocenters. The van der Waals surface area contributed by atoms with Crippen LogP contribution in [0.15, 0.2) is 102 Å². The molecule has 2 N–H and O–H groups in total. The number of hydrogen-bond acceptors (Lipinski definition) is 5. The van der Waals surface area contributed by atoms with Gasteiger partial charge in [0, 0.05) is 32.4 Å². The van der Waals surface area contributed by atoms with Gasteiger partial charge in [-0.05, 0) is 60.7 Å². The van der Waals surface area contributed by atoms with Crippen LogP contribution in [-0.2, 0) is 0 Å². The second kappa shape index (κ2) is 9.95. The first-order chi connectivity index (χ1) is 17.1. The van der Waals surface area contributed by atoms with Gasteiger partial charge in [0.15, 0.2) is 0 Å². The minimum atomic E-state index is -0.215. The predicted octanol–water partition coefficient (Wildman–Crippen LogP) is 7.06. The number of halogens is 1. The van der Waals surface area contributed by atoms with Crippen LogP contribution in [0.1, 0.15) is 10.4 Å². The molecule has 0 unspecified atom stereocenters. The zero-order chi connectivity index (χ0) is 24.2. The number of carbonyl (C=O) groups is 1. The Morgan fingerprint density at radius 2 is 1.63 bits per heavy atom. The minimum absolute atomic E-state index is 0.215. The Bertz CT molecular complexity index is 1510. The lowest BCUT2D eigenvalue weighted by Gasteiger charge is -2.12. The Labute approximate surface area is 211 Å². The number of ether oxygens (including phenoxy) is 1. The van der Waals surface area contributed by atoms with Crippen molar-refractivity contribution in [1.82, 2.24) is 9.97 Å². The molecule has 7 heteroatoms. The lowest BCUT2D eigenvalue weighted by Crippen LogP contribution is -2.12. The highest BCUT2D eigenvalue weighted by molar-refractivity contribution is 9.10. The summed E-state index contributed by atoms with van der Waals surface area (Å²) in [5, 5.41) is 7.12. The molecule has 0 aliphatic rings. The molecule has 172 valence electrons. The molecule has 0 bridgehead atoms. The smallest absolute Gasteiger partial charge is 0.255 e. The first-order valence-electron chi connectivity index (χ1n) is 10.9. The molecule has 1 aromatic heterocycles. The van der Waals surface area contributed by atoms with E-state index in [0.717, 1.165) is 32.4 Å². The van der Waals surface area contributed by atoms with Crippen molar-refractivity contribution in [2.24, 2.45) is 0 Å². The molecule has 0 aliphatic heterocycles. The van der Waals surface area contributed by atoms with E-state index < -0.39 is 0 Å². The van der Waals surface area contributed by atoms with Crippen molar-refractivity contribution >= 4 is 50.1 Å². The van der Waals surface area contributed by atoms with Gasteiger partial charge in [-0.15, -0.1) is 0 Å². The summed E-state index contributed by atoms with van der Waals surface area (Å²) >= 11 is 3.55. The second-order valence-corrected chi connectivity index (χ2v) is 8.73. The number of rotatable bonds is 6. The molecule has 5 rings (SSSR count). The zero-order valence-corrected chi connectivity index (χ0v) is 20.4. The molecule has 0 saturated heterocycles. The van der Waals surface area contributed by atoms with Gasteiger partial charge in [0.05, 0.1) is 18.3 Å². The number of carbonyl (C=O) groups excluding carboxylic acids is 1. The maximum atomic E-state index is 12.8. The van der Waals surface area contributed by atoms with Crippen molar-refractivity contribution in [3.05, 3.63) is 107 Å². The quantitative estimate of drug-likeness (QED) is 0.248. The number of aromatic nitrogens is 2. The molecule has 4 aromatic carbocycles. The number of amides is 1. The van der Waals surface area contributed by atoms with Gasteiger partial charge in [-0.2, -0.15) is 0 Å². The standard InChI is InChI=1S/C28H21BrN4O2/c1-35-23-13-11-21(12-14-23)30-27(34)19-8-5-9-22(16-19)31-28-32-25-15-10-20(29)17-24(25)26(33-28)18-6-3-2-4-7-18/h2-17H,1H3,(H,30,34)(H,31,32,33). The molecule has 6 nitrogen and oxygen atoms in total. The summed E-state index contributed by atoms with van der Waals surface area (Å²) in [5.41, 5.74) is 4.55. The summed E-state index contributed by atoms with van der Waals surface area (Å²) in [4.78, 5) is 22.3. The van der Waals surface area contributed by atoms with Crippen molar-refractivity contribution in [2.45, 2.75) is 0 Å². The maximum Gasteiger partial charge on any atom is 0.255 e. The van der Waals surface area contributed by atoms with Gasteiger partial charge in [0.2, 0.25) is 5.95 Å². The molecule has 0 spiro atoms. The fourth-order valence-electron chi connectivity index (χ4n) is 3.72. The van der Waals surface area contributed by atoms with Crippen LogP contribution in [0, 0.1) is 0 Å². The largest absolute Gasteiger partial charge is 0.497 e. The van der Waals surface area contributed by atoms with E-state index in [4.69, 9.17) is 14.7 Å². The number of anilines is 3. The molecule has 1 amide bonds. The summed E-state index contributed by atoms with van der Waals surface area (Å²) in [6.07, 6.45) is 0. The van der Waals surface area contributed by atoms with E-state index >= 15 is 0 Å². The predicted molar refractivity (Wildman–Crippen MR) is 143 cm³/mol. The summed E-state index contributed by atoms with van der Waals surface area (Å²) in [6, 6.07) is 30.4. The molecule has 0 fully saturated rings. The average molecular weight is 525 g/mol. The molecule has 0 radical (unpaired) electrons. The van der Waals surface area contributed by atoms with Crippen LogP contribution in [0.2, 0.25) is 0 Å². The summed E-state index contributed by atoms with van der Waals surface area (Å²) in [7, 11) is 1.60. The molecular formula is C28H21BrN4O2. The zero-order valence-electron chi connectivity index (χ0n) is 18.8. The van der Waals surface area contributed by atoms with Gasteiger partial charge >= 0.3 is 0 Å². The van der Waals surface area contributed by atoms with Crippen LogP contribution in [0.4, 0.5) is 17.3 Å². The fraction of sp³-hybridized carbons (Fsp3) is 0.0357. The first-order valence-corrected chi connectivity index (χ1v) is 11.7. The minimum Gasteiger partial charge on any atom is -0.497 e. The molecule has 35 heavy (non-hydrogen) atoms. The summed E-state index contributed by atoms with van der Waals surface area (Å²) in [6.45, 7) is 0. The third-order valence-corrected chi connectivity index (χ3v) is 5.93. The topological polar surface area (TPSA) is 76.1 Å². The van der Waals surface area contributed by atoms with E-state index in [1.54, 1.807) is 43.5 Å². The molecule has 0 aliphatic carbocycles. The lowest BCUT2D eigenvalue weighted by atomic mass is 10.1. The van der Waals surface area contributed by atoms with Crippen LogP contribution in [0.3, 0.4) is 0 Å². The SMILES string of the molecule is COc1ccc(NC(=O)c2cccc(Nc3nc(-c4ccccc4)c4cc(Br)ccc4n3)c2)cc1. The first kappa shape index (κ1) is 22.6. The molecule has 0 saturated carbocycles. The van der Waals surface area contributed by atoms with Crippen molar-refractivity contribution in [3.8, 4) is 17.0 Å². The van der Waals surface area contributed by atoms with Crippen LogP contribution in [0.5, 0.6) is 5.75 Å². The van der Waals surface area contributed by atoms with Crippen LogP contribution in [0.25, 0.3) is 22.2 Å². The van der Waals surface area contributed by atoms with Gasteiger partial charge in [-0.3, -0.25) is 4.79 Å². The van der Waals surface area contributed by atoms with E-state index in [2.05, 4.69) is 26.6 Å². The van der Waals surface area contributed by atoms with Gasteiger partial charge in [0.1, 0.15) is 5.75 Å². The Morgan fingerprint density at radius 1 is 0.829 bits per heavy atom. The number of methoxy groups -OCH3 is 1. The Balaban J connectivity index is 1.43. The number of nitrogens with zero attached hydrogens (tertiary/aromatic N) is 2. The van der Waals surface area contributed by atoms with Gasteiger partial charge in [-0.25, -0.2) is 9.97 Å². The number of fused-ring (bicyclic) bond motifs is 1. The highest BCUT2D eigenvalue weighted by Crippen LogP contribution is 2.30. The summed E-state index contributed by atoms with van der Waals surface area (Å²) in [5.74, 6) is 0.964. The highest BCUT2D eigenvalue weighted by Gasteiger charge is 2.12. The second-order valence-electron chi connectivity index (χ2n) is 7.81. The third-order valence-electron chi connectivity index (χ3n) is 5.43. The lowest BCUT2D eigenvalue weighted by molar-refractivity contribution is 0.102.